The largest absolute Gasteiger partial charge is 0.484 e. The molecule has 1 N–H and O–H groups in total. The van der Waals surface area contributed by atoms with Gasteiger partial charge in [-0.1, -0.05) is 66.7 Å². The molecule has 0 bridgehead atoms. The Labute approximate surface area is 211 Å². The SMILES string of the molecule is Cc1cccc(NC(=O)COc2ccc3c(c2)[C@H](c2ccccc2)N(C(=O)c2ccccc2)CC3)c1. The molecule has 4 aromatic carbocycles. The number of fused-ring (bicyclic) bond motifs is 1. The molecule has 0 saturated heterocycles. The summed E-state index contributed by atoms with van der Waals surface area (Å²) in [6.07, 6.45) is 0.755. The van der Waals surface area contributed by atoms with Crippen LogP contribution in [0.3, 0.4) is 0 Å². The van der Waals surface area contributed by atoms with Crippen LogP contribution in [0.5, 0.6) is 5.75 Å². The van der Waals surface area contributed by atoms with Gasteiger partial charge >= 0.3 is 0 Å². The second-order valence-electron chi connectivity index (χ2n) is 8.99. The maximum absolute atomic E-state index is 13.5. The molecule has 1 heterocycles. The average molecular weight is 477 g/mol. The molecule has 0 radical (unpaired) electrons. The molecule has 0 spiro atoms. The minimum absolute atomic E-state index is 0.000966. The van der Waals surface area contributed by atoms with Crippen molar-refractivity contribution in [2.75, 3.05) is 18.5 Å². The van der Waals surface area contributed by atoms with Gasteiger partial charge in [0.15, 0.2) is 6.61 Å². The fraction of sp³-hybridized carbons (Fsp3) is 0.161. The zero-order chi connectivity index (χ0) is 24.9. The van der Waals surface area contributed by atoms with Crippen molar-refractivity contribution in [1.82, 2.24) is 4.90 Å². The summed E-state index contributed by atoms with van der Waals surface area (Å²) in [5.74, 6) is 0.376. The van der Waals surface area contributed by atoms with Crippen LogP contribution < -0.4 is 10.1 Å². The average Bonchev–Trinajstić information content (AvgIpc) is 2.91. The Bertz CT molecular complexity index is 1370. The quantitative estimate of drug-likeness (QED) is 0.383. The highest BCUT2D eigenvalue weighted by atomic mass is 16.5. The molecule has 5 heteroatoms. The van der Waals surface area contributed by atoms with E-state index in [9.17, 15) is 9.59 Å². The molecule has 180 valence electrons. The summed E-state index contributed by atoms with van der Waals surface area (Å²) in [5.41, 5.74) is 5.73. The van der Waals surface area contributed by atoms with Crippen LogP contribution in [-0.2, 0) is 11.2 Å². The topological polar surface area (TPSA) is 58.6 Å². The van der Waals surface area contributed by atoms with Gasteiger partial charge in [0, 0.05) is 17.8 Å². The van der Waals surface area contributed by atoms with Gasteiger partial charge in [-0.2, -0.15) is 0 Å². The van der Waals surface area contributed by atoms with Crippen molar-refractivity contribution >= 4 is 17.5 Å². The van der Waals surface area contributed by atoms with Crippen LogP contribution in [-0.4, -0.2) is 29.9 Å². The summed E-state index contributed by atoms with van der Waals surface area (Å²) in [6.45, 7) is 2.50. The van der Waals surface area contributed by atoms with Gasteiger partial charge in [0.05, 0.1) is 6.04 Å². The Kier molecular flexibility index (Phi) is 6.80. The van der Waals surface area contributed by atoms with Gasteiger partial charge in [0.1, 0.15) is 5.75 Å². The number of hydrogen-bond acceptors (Lipinski definition) is 3. The second kappa shape index (κ2) is 10.5. The van der Waals surface area contributed by atoms with Crippen LogP contribution in [0.15, 0.2) is 103 Å². The lowest BCUT2D eigenvalue weighted by molar-refractivity contribution is -0.118. The smallest absolute Gasteiger partial charge is 0.262 e. The molecule has 5 rings (SSSR count). The number of carbonyl (C=O) groups excluding carboxylic acids is 2. The Morgan fingerprint density at radius 2 is 1.64 bits per heavy atom. The Morgan fingerprint density at radius 3 is 2.39 bits per heavy atom. The molecule has 1 aliphatic heterocycles. The van der Waals surface area contributed by atoms with Gasteiger partial charge < -0.3 is 15.0 Å². The lowest BCUT2D eigenvalue weighted by Gasteiger charge is -2.38. The van der Waals surface area contributed by atoms with Gasteiger partial charge in [-0.3, -0.25) is 9.59 Å². The molecule has 1 atom stereocenters. The van der Waals surface area contributed by atoms with E-state index in [1.807, 2.05) is 115 Å². The summed E-state index contributed by atoms with van der Waals surface area (Å²) in [7, 11) is 0. The van der Waals surface area contributed by atoms with Gasteiger partial charge in [-0.15, -0.1) is 0 Å². The molecule has 4 aromatic rings. The number of hydrogen-bond donors (Lipinski definition) is 1. The van der Waals surface area contributed by atoms with Crippen molar-refractivity contribution in [3.8, 4) is 5.75 Å². The van der Waals surface area contributed by atoms with Crippen LogP contribution in [0.4, 0.5) is 5.69 Å². The molecule has 1 aliphatic rings. The number of anilines is 1. The number of amides is 2. The van der Waals surface area contributed by atoms with E-state index in [1.165, 1.54) is 5.56 Å². The molecule has 0 unspecified atom stereocenters. The number of ether oxygens (including phenoxy) is 1. The first-order valence-electron chi connectivity index (χ1n) is 12.1. The predicted molar refractivity (Wildman–Crippen MR) is 141 cm³/mol. The first kappa shape index (κ1) is 23.4. The number of nitrogens with zero attached hydrogens (tertiary/aromatic N) is 1. The monoisotopic (exact) mass is 476 g/mol. The van der Waals surface area contributed by atoms with Crippen LogP contribution in [0.2, 0.25) is 0 Å². The predicted octanol–water partition coefficient (Wildman–Crippen LogP) is 5.80. The maximum Gasteiger partial charge on any atom is 0.262 e. The van der Waals surface area contributed by atoms with E-state index < -0.39 is 0 Å². The zero-order valence-corrected chi connectivity index (χ0v) is 20.2. The summed E-state index contributed by atoms with van der Waals surface area (Å²) < 4.78 is 5.89. The summed E-state index contributed by atoms with van der Waals surface area (Å²) in [5, 5.41) is 2.87. The molecule has 0 saturated carbocycles. The highest BCUT2D eigenvalue weighted by molar-refractivity contribution is 5.95. The van der Waals surface area contributed by atoms with Crippen molar-refractivity contribution < 1.29 is 14.3 Å². The Morgan fingerprint density at radius 1 is 0.889 bits per heavy atom. The van der Waals surface area contributed by atoms with Crippen LogP contribution in [0.1, 0.15) is 38.7 Å². The fourth-order valence-electron chi connectivity index (χ4n) is 4.71. The highest BCUT2D eigenvalue weighted by Gasteiger charge is 2.32. The molecule has 0 aromatic heterocycles. The highest BCUT2D eigenvalue weighted by Crippen LogP contribution is 2.38. The van der Waals surface area contributed by atoms with Crippen molar-refractivity contribution in [2.45, 2.75) is 19.4 Å². The maximum atomic E-state index is 13.5. The van der Waals surface area contributed by atoms with E-state index in [2.05, 4.69) is 5.32 Å². The molecule has 2 amide bonds. The number of nitrogens with one attached hydrogen (secondary N) is 1. The molecule has 0 fully saturated rings. The first-order chi connectivity index (χ1) is 17.6. The molecular weight excluding hydrogens is 448 g/mol. The minimum atomic E-state index is -0.243. The van der Waals surface area contributed by atoms with E-state index in [0.29, 0.717) is 17.9 Å². The van der Waals surface area contributed by atoms with Crippen molar-refractivity contribution in [3.63, 3.8) is 0 Å². The van der Waals surface area contributed by atoms with E-state index in [-0.39, 0.29) is 24.5 Å². The van der Waals surface area contributed by atoms with Gasteiger partial charge in [0.2, 0.25) is 0 Å². The van der Waals surface area contributed by atoms with Gasteiger partial charge in [-0.25, -0.2) is 0 Å². The number of rotatable bonds is 6. The van der Waals surface area contributed by atoms with Crippen molar-refractivity contribution in [3.05, 3.63) is 131 Å². The van der Waals surface area contributed by atoms with Gasteiger partial charge in [0.25, 0.3) is 11.8 Å². The van der Waals surface area contributed by atoms with Crippen molar-refractivity contribution in [1.29, 1.82) is 0 Å². The third kappa shape index (κ3) is 5.15. The summed E-state index contributed by atoms with van der Waals surface area (Å²) >= 11 is 0. The van der Waals surface area contributed by atoms with E-state index in [1.54, 1.807) is 0 Å². The lowest BCUT2D eigenvalue weighted by atomic mass is 9.87. The third-order valence-corrected chi connectivity index (χ3v) is 6.41. The van der Waals surface area contributed by atoms with Crippen LogP contribution in [0.25, 0.3) is 0 Å². The normalized spacial score (nSPS) is 14.6. The molecule has 5 nitrogen and oxygen atoms in total. The van der Waals surface area contributed by atoms with Crippen LogP contribution in [0, 0.1) is 6.92 Å². The first-order valence-corrected chi connectivity index (χ1v) is 12.1. The number of benzene rings is 4. The van der Waals surface area contributed by atoms with E-state index in [0.717, 1.165) is 28.8 Å². The molecular formula is C31H28N2O3. The molecule has 36 heavy (non-hydrogen) atoms. The summed E-state index contributed by atoms with van der Waals surface area (Å²) in [6, 6.07) is 32.8. The van der Waals surface area contributed by atoms with E-state index in [4.69, 9.17) is 4.74 Å². The lowest BCUT2D eigenvalue weighted by Crippen LogP contribution is -2.40. The van der Waals surface area contributed by atoms with Crippen LogP contribution >= 0.6 is 0 Å². The van der Waals surface area contributed by atoms with Gasteiger partial charge in [-0.05, 0) is 72.0 Å². The Hall–Kier alpha value is -4.38. The third-order valence-electron chi connectivity index (χ3n) is 6.41. The second-order valence-corrected chi connectivity index (χ2v) is 8.99. The summed E-state index contributed by atoms with van der Waals surface area (Å²) in [4.78, 5) is 27.9. The number of carbonyl (C=O) groups is 2. The van der Waals surface area contributed by atoms with E-state index >= 15 is 0 Å². The molecule has 0 aliphatic carbocycles. The number of aryl methyl sites for hydroxylation is 1. The van der Waals surface area contributed by atoms with Crippen molar-refractivity contribution in [2.24, 2.45) is 0 Å². The Balaban J connectivity index is 1.40. The standard InChI is InChI=1S/C31H28N2O3/c1-22-9-8-14-26(19-22)32-29(34)21-36-27-16-15-23-17-18-33(31(35)25-12-6-3-7-13-25)30(28(23)20-27)24-10-4-2-5-11-24/h2-16,19-20,30H,17-18,21H2,1H3,(H,32,34)/t30-/m0/s1. The fourth-order valence-corrected chi connectivity index (χ4v) is 4.71. The zero-order valence-electron chi connectivity index (χ0n) is 20.2. The minimum Gasteiger partial charge on any atom is -0.484 e.